The monoisotopic (exact) mass is 341 g/mol. The van der Waals surface area contributed by atoms with Crippen LogP contribution in [-0.2, 0) is 19.9 Å². The molecule has 1 atom stereocenters. The van der Waals surface area contributed by atoms with Crippen molar-refractivity contribution in [1.82, 2.24) is 15.1 Å². The lowest BCUT2D eigenvalue weighted by Crippen LogP contribution is -2.33. The quantitative estimate of drug-likeness (QED) is 0.887. The minimum atomic E-state index is 0.402. The van der Waals surface area contributed by atoms with Crippen molar-refractivity contribution in [3.63, 3.8) is 0 Å². The van der Waals surface area contributed by atoms with E-state index >= 15 is 0 Å². The molecule has 1 N–H and O–H groups in total. The Hall–Kier alpha value is -0.350. The molecule has 1 heterocycles. The summed E-state index contributed by atoms with van der Waals surface area (Å²) in [5, 5.41) is 8.15. The van der Waals surface area contributed by atoms with Gasteiger partial charge in [-0.05, 0) is 46.1 Å². The lowest BCUT2D eigenvalue weighted by molar-refractivity contribution is 0.412. The van der Waals surface area contributed by atoms with E-state index in [2.05, 4.69) is 75.1 Å². The Morgan fingerprint density at radius 2 is 1.85 bits per heavy atom. The first-order valence-corrected chi connectivity index (χ1v) is 8.35. The van der Waals surface area contributed by atoms with E-state index in [1.54, 1.807) is 0 Å². The van der Waals surface area contributed by atoms with Gasteiger partial charge in [-0.3, -0.25) is 4.68 Å². The highest BCUT2D eigenvalue weighted by atomic mass is 79.9. The van der Waals surface area contributed by atoms with Crippen LogP contribution in [0.3, 0.4) is 0 Å². The molecule has 0 spiro atoms. The molecule has 114 valence electrons. The van der Waals surface area contributed by atoms with Gasteiger partial charge < -0.3 is 5.32 Å². The van der Waals surface area contributed by atoms with Crippen molar-refractivity contribution in [2.45, 2.75) is 53.5 Å². The molecule has 1 aliphatic carbocycles. The number of nitrogens with zero attached hydrogens (tertiary/aromatic N) is 2. The highest BCUT2D eigenvalue weighted by Crippen LogP contribution is 2.69. The van der Waals surface area contributed by atoms with E-state index in [-0.39, 0.29) is 0 Å². The van der Waals surface area contributed by atoms with E-state index in [4.69, 9.17) is 0 Å². The lowest BCUT2D eigenvalue weighted by Gasteiger charge is -2.19. The second kappa shape index (κ2) is 5.13. The summed E-state index contributed by atoms with van der Waals surface area (Å²) in [4.78, 5) is 0. The Balaban J connectivity index is 2.23. The van der Waals surface area contributed by atoms with Crippen molar-refractivity contribution in [2.75, 3.05) is 7.05 Å². The Kier molecular flexibility index (Phi) is 4.11. The van der Waals surface area contributed by atoms with E-state index in [0.29, 0.717) is 22.8 Å². The molecule has 0 aliphatic heterocycles. The second-order valence-corrected chi connectivity index (χ2v) is 8.00. The van der Waals surface area contributed by atoms with Gasteiger partial charge in [0, 0.05) is 19.5 Å². The summed E-state index contributed by atoms with van der Waals surface area (Å²) in [6.45, 7) is 11.7. The number of aryl methyl sites for hydroxylation is 2. The SMILES string of the molecule is CCc1nn(C)c(CC(NC)C2C(C)(C)C2(C)C)c1Br. The van der Waals surface area contributed by atoms with Crippen LogP contribution in [0.25, 0.3) is 0 Å². The maximum Gasteiger partial charge on any atom is 0.0766 e. The topological polar surface area (TPSA) is 29.9 Å². The summed E-state index contributed by atoms with van der Waals surface area (Å²) < 4.78 is 3.23. The number of hydrogen-bond acceptors (Lipinski definition) is 2. The molecule has 0 aromatic carbocycles. The number of hydrogen-bond donors (Lipinski definition) is 1. The predicted molar refractivity (Wildman–Crippen MR) is 87.9 cm³/mol. The van der Waals surface area contributed by atoms with Gasteiger partial charge in [-0.1, -0.05) is 34.6 Å². The first kappa shape index (κ1) is 16.0. The first-order valence-electron chi connectivity index (χ1n) is 7.56. The third kappa shape index (κ3) is 2.25. The van der Waals surface area contributed by atoms with Crippen LogP contribution in [0.1, 0.15) is 46.0 Å². The van der Waals surface area contributed by atoms with Crippen LogP contribution >= 0.6 is 15.9 Å². The summed E-state index contributed by atoms with van der Waals surface area (Å²) >= 11 is 3.74. The number of likely N-dealkylation sites (N-methyl/N-ethyl adjacent to an activating group) is 1. The third-order valence-electron chi connectivity index (χ3n) is 5.82. The molecule has 1 unspecified atom stereocenters. The first-order chi connectivity index (χ1) is 9.18. The van der Waals surface area contributed by atoms with E-state index < -0.39 is 0 Å². The molecule has 0 amide bonds. The van der Waals surface area contributed by atoms with Crippen LogP contribution in [0.5, 0.6) is 0 Å². The van der Waals surface area contributed by atoms with E-state index in [1.165, 1.54) is 10.2 Å². The van der Waals surface area contributed by atoms with Crippen LogP contribution in [-0.4, -0.2) is 22.9 Å². The van der Waals surface area contributed by atoms with Crippen molar-refractivity contribution in [3.8, 4) is 0 Å². The third-order valence-corrected chi connectivity index (χ3v) is 6.74. The molecule has 1 saturated carbocycles. The van der Waals surface area contributed by atoms with E-state index in [9.17, 15) is 0 Å². The van der Waals surface area contributed by atoms with Crippen LogP contribution in [0, 0.1) is 16.7 Å². The number of nitrogens with one attached hydrogen (secondary N) is 1. The number of rotatable bonds is 5. The molecule has 2 rings (SSSR count). The zero-order valence-corrected chi connectivity index (χ0v) is 15.4. The normalized spacial score (nSPS) is 22.0. The Bertz CT molecular complexity index is 488. The predicted octanol–water partition coefficient (Wildman–Crippen LogP) is 3.56. The van der Waals surface area contributed by atoms with Gasteiger partial charge in [0.25, 0.3) is 0 Å². The smallest absolute Gasteiger partial charge is 0.0766 e. The largest absolute Gasteiger partial charge is 0.316 e. The molecular weight excluding hydrogens is 314 g/mol. The molecule has 1 aromatic rings. The fourth-order valence-corrected chi connectivity index (χ4v) is 4.67. The molecule has 4 heteroatoms. The highest BCUT2D eigenvalue weighted by Gasteiger charge is 2.66. The van der Waals surface area contributed by atoms with Gasteiger partial charge in [-0.25, -0.2) is 0 Å². The fourth-order valence-electron chi connectivity index (χ4n) is 3.89. The zero-order chi connectivity index (χ0) is 15.3. The Labute approximate surface area is 131 Å². The Morgan fingerprint density at radius 3 is 2.20 bits per heavy atom. The summed E-state index contributed by atoms with van der Waals surface area (Å²) in [7, 11) is 4.13. The molecular formula is C16H28BrN3. The molecule has 0 saturated heterocycles. The summed E-state index contributed by atoms with van der Waals surface area (Å²) in [6.07, 6.45) is 2.00. The molecule has 1 aromatic heterocycles. The molecule has 1 fully saturated rings. The van der Waals surface area contributed by atoms with E-state index in [0.717, 1.165) is 18.5 Å². The van der Waals surface area contributed by atoms with Crippen molar-refractivity contribution < 1.29 is 0 Å². The van der Waals surface area contributed by atoms with Crippen LogP contribution in [0.15, 0.2) is 4.47 Å². The van der Waals surface area contributed by atoms with Gasteiger partial charge in [-0.15, -0.1) is 0 Å². The number of halogens is 1. The molecule has 3 nitrogen and oxygen atoms in total. The van der Waals surface area contributed by atoms with Crippen molar-refractivity contribution in [2.24, 2.45) is 23.8 Å². The van der Waals surface area contributed by atoms with Crippen molar-refractivity contribution >= 4 is 15.9 Å². The molecule has 0 radical (unpaired) electrons. The second-order valence-electron chi connectivity index (χ2n) is 7.20. The minimum Gasteiger partial charge on any atom is -0.316 e. The van der Waals surface area contributed by atoms with Crippen LogP contribution < -0.4 is 5.32 Å². The molecule has 1 aliphatic rings. The molecule has 20 heavy (non-hydrogen) atoms. The van der Waals surface area contributed by atoms with Gasteiger partial charge in [0.1, 0.15) is 0 Å². The van der Waals surface area contributed by atoms with Gasteiger partial charge in [-0.2, -0.15) is 5.10 Å². The summed E-state index contributed by atoms with van der Waals surface area (Å²) in [6, 6.07) is 0.497. The van der Waals surface area contributed by atoms with Gasteiger partial charge in [0.2, 0.25) is 0 Å². The average molecular weight is 342 g/mol. The minimum absolute atomic E-state index is 0.402. The standard InChI is InChI=1S/C16H28BrN3/c1-8-10-13(17)12(20(7)19-10)9-11(18-6)14-15(2,3)16(14,4)5/h11,14,18H,8-9H2,1-7H3. The van der Waals surface area contributed by atoms with Crippen LogP contribution in [0.4, 0.5) is 0 Å². The summed E-state index contributed by atoms with van der Waals surface area (Å²) in [5.74, 6) is 0.701. The van der Waals surface area contributed by atoms with Gasteiger partial charge >= 0.3 is 0 Å². The molecule has 0 bridgehead atoms. The van der Waals surface area contributed by atoms with Crippen molar-refractivity contribution in [1.29, 1.82) is 0 Å². The maximum absolute atomic E-state index is 4.61. The van der Waals surface area contributed by atoms with Crippen LogP contribution in [0.2, 0.25) is 0 Å². The average Bonchev–Trinajstić information content (AvgIpc) is 2.63. The highest BCUT2D eigenvalue weighted by molar-refractivity contribution is 9.10. The number of aromatic nitrogens is 2. The lowest BCUT2D eigenvalue weighted by atomic mass is 9.99. The zero-order valence-electron chi connectivity index (χ0n) is 13.8. The van der Waals surface area contributed by atoms with Gasteiger partial charge in [0.05, 0.1) is 15.9 Å². The Morgan fingerprint density at radius 1 is 1.30 bits per heavy atom. The maximum atomic E-state index is 4.61. The van der Waals surface area contributed by atoms with Gasteiger partial charge in [0.15, 0.2) is 0 Å². The fraction of sp³-hybridized carbons (Fsp3) is 0.812. The summed E-state index contributed by atoms with van der Waals surface area (Å²) in [5.41, 5.74) is 3.27. The van der Waals surface area contributed by atoms with E-state index in [1.807, 2.05) is 4.68 Å². The van der Waals surface area contributed by atoms with Crippen molar-refractivity contribution in [3.05, 3.63) is 15.9 Å².